The van der Waals surface area contributed by atoms with Gasteiger partial charge in [0, 0.05) is 37.7 Å². The second kappa shape index (κ2) is 7.01. The van der Waals surface area contributed by atoms with Crippen molar-refractivity contribution in [3.8, 4) is 0 Å². The average molecular weight is 354 g/mol. The summed E-state index contributed by atoms with van der Waals surface area (Å²) in [6, 6.07) is 9.68. The van der Waals surface area contributed by atoms with Crippen LogP contribution in [0.2, 0.25) is 0 Å². The zero-order valence-corrected chi connectivity index (χ0v) is 14.8. The lowest BCUT2D eigenvalue weighted by Gasteiger charge is -2.37. The van der Waals surface area contributed by atoms with Gasteiger partial charge in [-0.15, -0.1) is 0 Å². The number of hydrogen-bond acceptors (Lipinski definition) is 6. The van der Waals surface area contributed by atoms with Crippen molar-refractivity contribution < 1.29 is 14.3 Å². The maximum Gasteiger partial charge on any atom is 0.272 e. The summed E-state index contributed by atoms with van der Waals surface area (Å²) >= 11 is 0. The Morgan fingerprint density at radius 2 is 1.92 bits per heavy atom. The maximum absolute atomic E-state index is 12.8. The van der Waals surface area contributed by atoms with Crippen molar-refractivity contribution in [3.05, 3.63) is 47.9 Å². The first-order valence-electron chi connectivity index (χ1n) is 8.87. The predicted molar refractivity (Wildman–Crippen MR) is 96.3 cm³/mol. The molecule has 2 saturated heterocycles. The summed E-state index contributed by atoms with van der Waals surface area (Å²) in [5, 5.41) is 3.22. The Balaban J connectivity index is 1.43. The smallest absolute Gasteiger partial charge is 0.272 e. The third kappa shape index (κ3) is 3.54. The fourth-order valence-electron chi connectivity index (χ4n) is 3.41. The van der Waals surface area contributed by atoms with E-state index < -0.39 is 5.79 Å². The van der Waals surface area contributed by atoms with Gasteiger partial charge in [0.05, 0.1) is 13.2 Å². The third-order valence-corrected chi connectivity index (χ3v) is 4.80. The number of carbonyl (C=O) groups excluding carboxylic acids is 1. The van der Waals surface area contributed by atoms with Gasteiger partial charge in [0.1, 0.15) is 17.8 Å². The van der Waals surface area contributed by atoms with E-state index in [0.29, 0.717) is 50.7 Å². The number of amides is 1. The number of hydrogen-bond donors (Lipinski definition) is 1. The Labute approximate surface area is 152 Å². The monoisotopic (exact) mass is 354 g/mol. The van der Waals surface area contributed by atoms with Gasteiger partial charge in [0.15, 0.2) is 5.79 Å². The highest BCUT2D eigenvalue weighted by Crippen LogP contribution is 2.31. The van der Waals surface area contributed by atoms with Crippen molar-refractivity contribution in [1.82, 2.24) is 14.9 Å². The van der Waals surface area contributed by atoms with Gasteiger partial charge < -0.3 is 19.7 Å². The molecular weight excluding hydrogens is 332 g/mol. The molecule has 0 bridgehead atoms. The molecule has 2 aliphatic rings. The summed E-state index contributed by atoms with van der Waals surface area (Å²) in [5.41, 5.74) is 2.47. The Hall–Kier alpha value is -2.51. The number of benzene rings is 1. The third-order valence-electron chi connectivity index (χ3n) is 4.80. The topological polar surface area (TPSA) is 76.6 Å². The van der Waals surface area contributed by atoms with Crippen LogP contribution in [0.4, 0.5) is 11.5 Å². The number of aromatic nitrogens is 2. The molecule has 26 heavy (non-hydrogen) atoms. The molecule has 0 saturated carbocycles. The second-order valence-corrected chi connectivity index (χ2v) is 6.68. The molecule has 0 aliphatic carbocycles. The van der Waals surface area contributed by atoms with Crippen LogP contribution in [-0.2, 0) is 9.47 Å². The number of nitrogens with one attached hydrogen (secondary N) is 1. The van der Waals surface area contributed by atoms with E-state index in [1.54, 1.807) is 11.0 Å². The fraction of sp³-hybridized carbons (Fsp3) is 0.421. The van der Waals surface area contributed by atoms with Gasteiger partial charge >= 0.3 is 0 Å². The van der Waals surface area contributed by atoms with Crippen LogP contribution in [0.15, 0.2) is 36.7 Å². The number of nitrogens with zero attached hydrogens (tertiary/aromatic N) is 3. The van der Waals surface area contributed by atoms with Gasteiger partial charge in [-0.2, -0.15) is 0 Å². The van der Waals surface area contributed by atoms with Crippen LogP contribution in [0.3, 0.4) is 0 Å². The molecule has 0 radical (unpaired) electrons. The SMILES string of the molecule is Cc1cccc(Nc2cc(C(=O)N3CCC4(CC3)OCCO4)ncn2)c1. The van der Waals surface area contributed by atoms with Gasteiger partial charge in [-0.1, -0.05) is 12.1 Å². The molecule has 1 aromatic heterocycles. The van der Waals surface area contributed by atoms with E-state index in [1.807, 2.05) is 31.2 Å². The average Bonchev–Trinajstić information content (AvgIpc) is 3.10. The highest BCUT2D eigenvalue weighted by molar-refractivity contribution is 5.93. The number of rotatable bonds is 3. The van der Waals surface area contributed by atoms with Gasteiger partial charge in [-0.3, -0.25) is 4.79 Å². The second-order valence-electron chi connectivity index (χ2n) is 6.68. The lowest BCUT2D eigenvalue weighted by atomic mass is 10.0. The van der Waals surface area contributed by atoms with Crippen LogP contribution in [0.25, 0.3) is 0 Å². The molecule has 1 amide bonds. The summed E-state index contributed by atoms with van der Waals surface area (Å²) in [6.07, 6.45) is 2.80. The first kappa shape index (κ1) is 16.9. The summed E-state index contributed by atoms with van der Waals surface area (Å²) in [4.78, 5) is 23.0. The van der Waals surface area contributed by atoms with Crippen molar-refractivity contribution in [3.63, 3.8) is 0 Å². The van der Waals surface area contributed by atoms with E-state index in [4.69, 9.17) is 9.47 Å². The molecule has 136 valence electrons. The zero-order chi connectivity index (χ0) is 18.0. The highest BCUT2D eigenvalue weighted by atomic mass is 16.7. The Morgan fingerprint density at radius 3 is 2.65 bits per heavy atom. The van der Waals surface area contributed by atoms with Crippen LogP contribution in [-0.4, -0.2) is 52.9 Å². The van der Waals surface area contributed by atoms with Crippen LogP contribution in [0.1, 0.15) is 28.9 Å². The van der Waals surface area contributed by atoms with E-state index in [2.05, 4.69) is 15.3 Å². The van der Waals surface area contributed by atoms with Crippen LogP contribution >= 0.6 is 0 Å². The summed E-state index contributed by atoms with van der Waals surface area (Å²) in [5.74, 6) is 0.0257. The molecule has 1 aromatic carbocycles. The standard InChI is InChI=1S/C19H22N4O3/c1-14-3-2-4-15(11-14)22-17-12-16(20-13-21-17)18(24)23-7-5-19(6-8-23)25-9-10-26-19/h2-4,11-13H,5-10H2,1H3,(H,20,21,22). The van der Waals surface area contributed by atoms with Gasteiger partial charge in [-0.25, -0.2) is 9.97 Å². The predicted octanol–water partition coefficient (Wildman–Crippen LogP) is 2.51. The molecule has 2 fully saturated rings. The number of likely N-dealkylation sites (tertiary alicyclic amines) is 1. The Bertz CT molecular complexity index is 795. The Morgan fingerprint density at radius 1 is 1.15 bits per heavy atom. The minimum atomic E-state index is -0.486. The maximum atomic E-state index is 12.8. The minimum absolute atomic E-state index is 0.0902. The quantitative estimate of drug-likeness (QED) is 0.913. The number of aryl methyl sites for hydroxylation is 1. The molecule has 3 heterocycles. The lowest BCUT2D eigenvalue weighted by Crippen LogP contribution is -2.47. The summed E-state index contributed by atoms with van der Waals surface area (Å²) in [6.45, 7) is 4.50. The normalized spacial score (nSPS) is 18.9. The van der Waals surface area contributed by atoms with E-state index in [9.17, 15) is 4.79 Å². The van der Waals surface area contributed by atoms with Crippen LogP contribution in [0.5, 0.6) is 0 Å². The number of piperidine rings is 1. The molecule has 7 nitrogen and oxygen atoms in total. The zero-order valence-electron chi connectivity index (χ0n) is 14.8. The van der Waals surface area contributed by atoms with Crippen molar-refractivity contribution >= 4 is 17.4 Å². The fourth-order valence-corrected chi connectivity index (χ4v) is 3.41. The molecule has 0 atom stereocenters. The van der Waals surface area contributed by atoms with Crippen molar-refractivity contribution in [2.24, 2.45) is 0 Å². The molecule has 1 spiro atoms. The summed E-state index contributed by atoms with van der Waals surface area (Å²) < 4.78 is 11.4. The number of ether oxygens (including phenoxy) is 2. The largest absolute Gasteiger partial charge is 0.347 e. The Kier molecular flexibility index (Phi) is 4.57. The van der Waals surface area contributed by atoms with Crippen LogP contribution in [0, 0.1) is 6.92 Å². The van der Waals surface area contributed by atoms with Crippen molar-refractivity contribution in [2.45, 2.75) is 25.6 Å². The first-order chi connectivity index (χ1) is 12.6. The van der Waals surface area contributed by atoms with Crippen molar-refractivity contribution in [2.75, 3.05) is 31.6 Å². The molecule has 4 rings (SSSR count). The number of carbonyl (C=O) groups is 1. The van der Waals surface area contributed by atoms with Crippen molar-refractivity contribution in [1.29, 1.82) is 0 Å². The molecular formula is C19H22N4O3. The molecule has 0 unspecified atom stereocenters. The molecule has 7 heteroatoms. The van der Waals surface area contributed by atoms with Crippen LogP contribution < -0.4 is 5.32 Å². The summed E-state index contributed by atoms with van der Waals surface area (Å²) in [7, 11) is 0. The molecule has 1 N–H and O–H groups in total. The molecule has 2 aromatic rings. The minimum Gasteiger partial charge on any atom is -0.347 e. The van der Waals surface area contributed by atoms with Gasteiger partial charge in [0.2, 0.25) is 0 Å². The lowest BCUT2D eigenvalue weighted by molar-refractivity contribution is -0.181. The first-order valence-corrected chi connectivity index (χ1v) is 8.87. The van der Waals surface area contributed by atoms with E-state index in [0.717, 1.165) is 11.3 Å². The van der Waals surface area contributed by atoms with Gasteiger partial charge in [-0.05, 0) is 24.6 Å². The van der Waals surface area contributed by atoms with E-state index >= 15 is 0 Å². The molecule has 2 aliphatic heterocycles. The number of anilines is 2. The van der Waals surface area contributed by atoms with E-state index in [-0.39, 0.29) is 5.91 Å². The van der Waals surface area contributed by atoms with Gasteiger partial charge in [0.25, 0.3) is 5.91 Å². The van der Waals surface area contributed by atoms with E-state index in [1.165, 1.54) is 6.33 Å². The highest BCUT2D eigenvalue weighted by Gasteiger charge is 2.41.